The molecule has 0 bridgehead atoms. The van der Waals surface area contributed by atoms with Crippen molar-refractivity contribution in [2.24, 2.45) is 0 Å². The van der Waals surface area contributed by atoms with Gasteiger partial charge in [0.05, 0.1) is 5.69 Å². The molecule has 1 heterocycles. The van der Waals surface area contributed by atoms with E-state index < -0.39 is 18.4 Å². The molecule has 1 aliphatic rings. The lowest BCUT2D eigenvalue weighted by atomic mass is 10.1. The lowest BCUT2D eigenvalue weighted by Crippen LogP contribution is -2.25. The Kier molecular flexibility index (Phi) is 5.52. The molecule has 0 radical (unpaired) electrons. The molecule has 3 rings (SSSR count). The van der Waals surface area contributed by atoms with Crippen LogP contribution >= 0.6 is 15.9 Å². The Morgan fingerprint density at radius 3 is 2.65 bits per heavy atom. The van der Waals surface area contributed by atoms with Gasteiger partial charge >= 0.3 is 5.97 Å². The first-order valence-corrected chi connectivity index (χ1v) is 8.44. The molecule has 0 spiro atoms. The van der Waals surface area contributed by atoms with Crippen LogP contribution in [0.2, 0.25) is 0 Å². The van der Waals surface area contributed by atoms with Crippen LogP contribution in [0.25, 0.3) is 0 Å². The molecule has 0 unspecified atom stereocenters. The minimum absolute atomic E-state index is 0.0593. The van der Waals surface area contributed by atoms with Gasteiger partial charge in [0, 0.05) is 10.0 Å². The van der Waals surface area contributed by atoms with Gasteiger partial charge in [0.25, 0.3) is 5.91 Å². The van der Waals surface area contributed by atoms with Crippen LogP contribution in [0.15, 0.2) is 46.9 Å². The molecule has 0 saturated heterocycles. The van der Waals surface area contributed by atoms with Crippen molar-refractivity contribution >= 4 is 39.3 Å². The van der Waals surface area contributed by atoms with Gasteiger partial charge in [0.1, 0.15) is 11.5 Å². The molecule has 7 nitrogen and oxygen atoms in total. The Labute approximate surface area is 157 Å². The average molecular weight is 420 g/mol. The standard InChI is InChI=1S/C18H14BrNO6/c19-12-2-4-13(5-3-12)24-10-18(23)26-8-15(21)11-1-6-16-14(7-11)20-17(22)9-25-16/h1-7H,8-10H2,(H,20,22). The van der Waals surface area contributed by atoms with Gasteiger partial charge in [-0.05, 0) is 42.5 Å². The third-order valence-electron chi connectivity index (χ3n) is 3.47. The number of anilines is 1. The summed E-state index contributed by atoms with van der Waals surface area (Å²) in [7, 11) is 0. The summed E-state index contributed by atoms with van der Waals surface area (Å²) >= 11 is 3.30. The Morgan fingerprint density at radius 1 is 1.12 bits per heavy atom. The van der Waals surface area contributed by atoms with E-state index >= 15 is 0 Å². The summed E-state index contributed by atoms with van der Waals surface area (Å²) in [6, 6.07) is 11.6. The molecule has 26 heavy (non-hydrogen) atoms. The van der Waals surface area contributed by atoms with Gasteiger partial charge in [-0.1, -0.05) is 15.9 Å². The van der Waals surface area contributed by atoms with Crippen molar-refractivity contribution in [3.63, 3.8) is 0 Å². The van der Waals surface area contributed by atoms with E-state index in [-0.39, 0.29) is 19.1 Å². The van der Waals surface area contributed by atoms with Gasteiger partial charge in [0.15, 0.2) is 25.6 Å². The molecule has 8 heteroatoms. The van der Waals surface area contributed by atoms with Crippen molar-refractivity contribution in [1.29, 1.82) is 0 Å². The highest BCUT2D eigenvalue weighted by Gasteiger charge is 2.18. The van der Waals surface area contributed by atoms with Gasteiger partial charge in [-0.2, -0.15) is 0 Å². The zero-order valence-corrected chi connectivity index (χ0v) is 15.1. The van der Waals surface area contributed by atoms with E-state index in [1.807, 2.05) is 0 Å². The fourth-order valence-electron chi connectivity index (χ4n) is 2.20. The summed E-state index contributed by atoms with van der Waals surface area (Å²) in [5, 5.41) is 2.62. The van der Waals surface area contributed by atoms with Crippen molar-refractivity contribution < 1.29 is 28.6 Å². The van der Waals surface area contributed by atoms with Gasteiger partial charge in [-0.15, -0.1) is 0 Å². The second-order valence-corrected chi connectivity index (χ2v) is 6.29. The summed E-state index contributed by atoms with van der Waals surface area (Å²) in [6.07, 6.45) is 0. The fourth-order valence-corrected chi connectivity index (χ4v) is 2.47. The number of rotatable bonds is 6. The van der Waals surface area contributed by atoms with Crippen LogP contribution in [0.1, 0.15) is 10.4 Å². The molecule has 0 aliphatic carbocycles. The maximum Gasteiger partial charge on any atom is 0.344 e. The first-order valence-electron chi connectivity index (χ1n) is 7.65. The molecule has 0 atom stereocenters. The summed E-state index contributed by atoms with van der Waals surface area (Å²) in [6.45, 7) is -0.782. The number of nitrogens with one attached hydrogen (secondary N) is 1. The second-order valence-electron chi connectivity index (χ2n) is 5.37. The minimum Gasteiger partial charge on any atom is -0.482 e. The summed E-state index contributed by atoms with van der Waals surface area (Å²) in [5.41, 5.74) is 0.716. The number of hydrogen-bond donors (Lipinski definition) is 1. The predicted octanol–water partition coefficient (Wildman–Crippen LogP) is 2.58. The Bertz CT molecular complexity index is 849. The maximum absolute atomic E-state index is 12.2. The normalized spacial score (nSPS) is 12.4. The van der Waals surface area contributed by atoms with E-state index in [9.17, 15) is 14.4 Å². The van der Waals surface area contributed by atoms with Crippen molar-refractivity contribution in [2.75, 3.05) is 25.1 Å². The number of ether oxygens (including phenoxy) is 3. The molecule has 0 fully saturated rings. The molecular formula is C18H14BrNO6. The first-order chi connectivity index (χ1) is 12.5. The highest BCUT2D eigenvalue weighted by atomic mass is 79.9. The van der Waals surface area contributed by atoms with Crippen LogP contribution < -0.4 is 14.8 Å². The number of fused-ring (bicyclic) bond motifs is 1. The number of hydrogen-bond acceptors (Lipinski definition) is 6. The van der Waals surface area contributed by atoms with Crippen LogP contribution in [0.4, 0.5) is 5.69 Å². The van der Waals surface area contributed by atoms with Crippen LogP contribution in [0, 0.1) is 0 Å². The summed E-state index contributed by atoms with van der Waals surface area (Å²) < 4.78 is 16.3. The zero-order valence-electron chi connectivity index (χ0n) is 13.5. The number of Topliss-reactive ketones (excluding diaryl/α,β-unsaturated/α-hetero) is 1. The molecule has 134 valence electrons. The largest absolute Gasteiger partial charge is 0.482 e. The number of carbonyl (C=O) groups is 3. The third-order valence-corrected chi connectivity index (χ3v) is 4.00. The van der Waals surface area contributed by atoms with E-state index in [4.69, 9.17) is 14.2 Å². The molecule has 2 aromatic rings. The fraction of sp³-hybridized carbons (Fsp3) is 0.167. The van der Waals surface area contributed by atoms with Crippen LogP contribution in [0.3, 0.4) is 0 Å². The van der Waals surface area contributed by atoms with Gasteiger partial charge in [0.2, 0.25) is 0 Å². The lowest BCUT2D eigenvalue weighted by molar-refractivity contribution is -0.144. The van der Waals surface area contributed by atoms with Crippen molar-refractivity contribution in [1.82, 2.24) is 0 Å². The third kappa shape index (κ3) is 4.60. The van der Waals surface area contributed by atoms with E-state index in [0.29, 0.717) is 22.7 Å². The quantitative estimate of drug-likeness (QED) is 0.571. The summed E-state index contributed by atoms with van der Waals surface area (Å²) in [4.78, 5) is 35.2. The van der Waals surface area contributed by atoms with E-state index in [1.165, 1.54) is 6.07 Å². The second kappa shape index (κ2) is 8.01. The molecule has 0 aromatic heterocycles. The van der Waals surface area contributed by atoms with Crippen molar-refractivity contribution in [3.8, 4) is 11.5 Å². The van der Waals surface area contributed by atoms with Crippen LogP contribution in [0.5, 0.6) is 11.5 Å². The number of ketones is 1. The van der Waals surface area contributed by atoms with Crippen molar-refractivity contribution in [3.05, 3.63) is 52.5 Å². The minimum atomic E-state index is -0.657. The number of carbonyl (C=O) groups excluding carboxylic acids is 3. The molecule has 1 N–H and O–H groups in total. The Morgan fingerprint density at radius 2 is 1.88 bits per heavy atom. The highest BCUT2D eigenvalue weighted by molar-refractivity contribution is 9.10. The smallest absolute Gasteiger partial charge is 0.344 e. The number of amides is 1. The molecule has 0 saturated carbocycles. The number of esters is 1. The average Bonchev–Trinajstić information content (AvgIpc) is 2.65. The number of benzene rings is 2. The molecule has 2 aromatic carbocycles. The van der Waals surface area contributed by atoms with Crippen LogP contribution in [-0.2, 0) is 14.3 Å². The monoisotopic (exact) mass is 419 g/mol. The Hall–Kier alpha value is -2.87. The summed E-state index contributed by atoms with van der Waals surface area (Å²) in [5.74, 6) is -0.345. The predicted molar refractivity (Wildman–Crippen MR) is 95.5 cm³/mol. The van der Waals surface area contributed by atoms with Crippen molar-refractivity contribution in [2.45, 2.75) is 0 Å². The van der Waals surface area contributed by atoms with E-state index in [1.54, 1.807) is 36.4 Å². The van der Waals surface area contributed by atoms with E-state index in [2.05, 4.69) is 21.2 Å². The maximum atomic E-state index is 12.2. The first kappa shape index (κ1) is 17.9. The Balaban J connectivity index is 1.50. The molecule has 1 amide bonds. The topological polar surface area (TPSA) is 90.9 Å². The van der Waals surface area contributed by atoms with Gasteiger partial charge in [-0.3, -0.25) is 9.59 Å². The molecular weight excluding hydrogens is 406 g/mol. The van der Waals surface area contributed by atoms with Crippen LogP contribution in [-0.4, -0.2) is 37.5 Å². The number of halogens is 1. The lowest BCUT2D eigenvalue weighted by Gasteiger charge is -2.18. The van der Waals surface area contributed by atoms with Gasteiger partial charge in [-0.25, -0.2) is 4.79 Å². The SMILES string of the molecule is O=C1COc2ccc(C(=O)COC(=O)COc3ccc(Br)cc3)cc2N1. The zero-order chi connectivity index (χ0) is 18.5. The molecule has 1 aliphatic heterocycles. The van der Waals surface area contributed by atoms with E-state index in [0.717, 1.165) is 4.47 Å². The van der Waals surface area contributed by atoms with Gasteiger partial charge < -0.3 is 19.5 Å². The highest BCUT2D eigenvalue weighted by Crippen LogP contribution is 2.28.